The molecule has 5 aromatic rings. The minimum atomic E-state index is -2.13. The first-order valence-corrected chi connectivity index (χ1v) is 22.9. The summed E-state index contributed by atoms with van der Waals surface area (Å²) < 4.78 is 11.7. The Kier molecular flexibility index (Phi) is 12.9. The topological polar surface area (TPSA) is 230 Å². The van der Waals surface area contributed by atoms with Crippen molar-refractivity contribution in [2.75, 3.05) is 49.6 Å². The van der Waals surface area contributed by atoms with Crippen molar-refractivity contribution in [3.8, 4) is 17.6 Å². The number of amides is 6. The summed E-state index contributed by atoms with van der Waals surface area (Å²) in [4.78, 5) is 103. The summed E-state index contributed by atoms with van der Waals surface area (Å²) in [5, 5.41) is 16.0. The van der Waals surface area contributed by atoms with E-state index in [1.54, 1.807) is 67.5 Å². The fraction of sp³-hybridized carbons (Fsp3) is 0.308. The standard InChI is InChI=1S/C52H51N9O9/c1-31(2)40(46(64)69-3)57-51(68)60-38-22-17-32(12-10-23-54-49(53)67)30-37(38)52(48(60)66)39(45(63)58-26-28-59(29-27-58)50-55-24-11-25-56-50)42-47(65)70-43(34-15-8-5-9-16-34)41(33-13-6-4-7-14-33)61(42)44(52)35-18-20-36(62)21-19-35/h4-9,11,13-22,24-25,30-31,39-44,62H,23,26-29H2,1-3H3,(H,57,68)(H3,53,54,67). The van der Waals surface area contributed by atoms with Gasteiger partial charge in [0.15, 0.2) is 0 Å². The third-order valence-corrected chi connectivity index (χ3v) is 13.5. The van der Waals surface area contributed by atoms with Crippen LogP contribution in [0.1, 0.15) is 59.9 Å². The van der Waals surface area contributed by atoms with Crippen LogP contribution in [0.15, 0.2) is 122 Å². The van der Waals surface area contributed by atoms with Gasteiger partial charge >= 0.3 is 24.0 Å². The number of aromatic hydroxyl groups is 1. The van der Waals surface area contributed by atoms with E-state index in [4.69, 9.17) is 15.2 Å². The first kappa shape index (κ1) is 46.8. The molecule has 0 saturated carbocycles. The number of piperazine rings is 1. The number of fused-ring (bicyclic) bond motifs is 3. The van der Waals surface area contributed by atoms with Crippen molar-refractivity contribution < 1.29 is 43.3 Å². The zero-order valence-electron chi connectivity index (χ0n) is 38.6. The average molecular weight is 946 g/mol. The molecule has 9 rings (SSSR count). The number of nitrogens with two attached hydrogens (primary N) is 1. The second-order valence-electron chi connectivity index (χ2n) is 17.8. The molecule has 0 bridgehead atoms. The fourth-order valence-corrected chi connectivity index (χ4v) is 10.5. The lowest BCUT2D eigenvalue weighted by Crippen LogP contribution is -2.60. The van der Waals surface area contributed by atoms with Gasteiger partial charge in [-0.05, 0) is 64.6 Å². The Morgan fingerprint density at radius 1 is 0.857 bits per heavy atom. The number of morpholine rings is 1. The molecular formula is C52H51N9O9. The molecule has 3 fully saturated rings. The van der Waals surface area contributed by atoms with Gasteiger partial charge in [0, 0.05) is 44.1 Å². The molecule has 70 heavy (non-hydrogen) atoms. The van der Waals surface area contributed by atoms with E-state index in [2.05, 4.69) is 32.4 Å². The quantitative estimate of drug-likeness (QED) is 0.121. The summed E-state index contributed by atoms with van der Waals surface area (Å²) in [5.41, 5.74) is 5.60. The van der Waals surface area contributed by atoms with Crippen LogP contribution in [0.5, 0.6) is 5.75 Å². The Balaban J connectivity index is 1.32. The molecule has 7 atom stereocenters. The molecule has 4 aromatic carbocycles. The Morgan fingerprint density at radius 3 is 2.14 bits per heavy atom. The average Bonchev–Trinajstić information content (AvgIpc) is 3.83. The summed E-state index contributed by atoms with van der Waals surface area (Å²) in [6.07, 6.45) is 2.30. The lowest BCUT2D eigenvalue weighted by Gasteiger charge is -2.46. The van der Waals surface area contributed by atoms with Crippen LogP contribution in [0.2, 0.25) is 0 Å². The highest BCUT2D eigenvalue weighted by Gasteiger charge is 2.76. The van der Waals surface area contributed by atoms with Crippen molar-refractivity contribution in [2.24, 2.45) is 17.6 Å². The molecule has 18 heteroatoms. The van der Waals surface area contributed by atoms with Gasteiger partial charge in [-0.2, -0.15) is 0 Å². The predicted octanol–water partition coefficient (Wildman–Crippen LogP) is 4.12. The number of primary amides is 1. The maximum absolute atomic E-state index is 16.6. The van der Waals surface area contributed by atoms with Gasteiger partial charge in [-0.1, -0.05) is 98.5 Å². The van der Waals surface area contributed by atoms with Crippen molar-refractivity contribution in [2.45, 2.75) is 49.5 Å². The fourth-order valence-electron chi connectivity index (χ4n) is 10.5. The van der Waals surface area contributed by atoms with Crippen molar-refractivity contribution in [1.29, 1.82) is 0 Å². The molecule has 18 nitrogen and oxygen atoms in total. The molecule has 0 aliphatic carbocycles. The molecule has 4 aliphatic heterocycles. The first-order chi connectivity index (χ1) is 33.8. The number of carbonyl (C=O) groups excluding carboxylic acids is 6. The van der Waals surface area contributed by atoms with Gasteiger partial charge in [0.05, 0.1) is 37.3 Å². The number of imide groups is 1. The molecule has 6 amide bonds. The zero-order valence-corrected chi connectivity index (χ0v) is 38.6. The zero-order chi connectivity index (χ0) is 49.3. The van der Waals surface area contributed by atoms with Crippen LogP contribution in [-0.2, 0) is 34.1 Å². The number of hydrogen-bond acceptors (Lipinski definition) is 13. The van der Waals surface area contributed by atoms with Gasteiger partial charge in [-0.15, -0.1) is 0 Å². The normalized spacial score (nSPS) is 23.1. The molecule has 7 unspecified atom stereocenters. The number of carbonyl (C=O) groups is 6. The van der Waals surface area contributed by atoms with Gasteiger partial charge in [-0.3, -0.25) is 19.3 Å². The van der Waals surface area contributed by atoms with Gasteiger partial charge in [-0.25, -0.2) is 29.3 Å². The van der Waals surface area contributed by atoms with E-state index >= 15 is 19.2 Å². The van der Waals surface area contributed by atoms with E-state index in [0.717, 1.165) is 4.90 Å². The highest BCUT2D eigenvalue weighted by atomic mass is 16.6. The number of cyclic esters (lactones) is 1. The van der Waals surface area contributed by atoms with Crippen molar-refractivity contribution >= 4 is 47.5 Å². The number of aromatic nitrogens is 2. The second-order valence-corrected chi connectivity index (χ2v) is 17.8. The highest BCUT2D eigenvalue weighted by molar-refractivity contribution is 6.25. The lowest BCUT2D eigenvalue weighted by molar-refractivity contribution is -0.179. The summed E-state index contributed by atoms with van der Waals surface area (Å²) >= 11 is 0. The number of anilines is 2. The Morgan fingerprint density at radius 2 is 1.51 bits per heavy atom. The maximum Gasteiger partial charge on any atom is 0.329 e. The van der Waals surface area contributed by atoms with Gasteiger partial charge < -0.3 is 40.7 Å². The smallest absolute Gasteiger partial charge is 0.329 e. The molecule has 0 radical (unpaired) electrons. The molecule has 1 spiro atoms. The van der Waals surface area contributed by atoms with E-state index < -0.39 is 83.3 Å². The molecule has 1 aromatic heterocycles. The monoisotopic (exact) mass is 945 g/mol. The predicted molar refractivity (Wildman–Crippen MR) is 254 cm³/mol. The number of rotatable bonds is 9. The SMILES string of the molecule is COC(=O)C(NC(=O)N1C(=O)C2(c3cc(C#CCNC(N)=O)ccc31)C(C(=O)N1CCN(c3ncccn3)CC1)C1C(=O)OC(c3ccccc3)C(c3ccccc3)N1C2c1ccc(O)cc1)C(C)C. The number of hydrogen-bond donors (Lipinski definition) is 4. The molecule has 3 saturated heterocycles. The minimum absolute atomic E-state index is 0.0763. The number of ether oxygens (including phenoxy) is 2. The summed E-state index contributed by atoms with van der Waals surface area (Å²) in [7, 11) is 1.20. The molecule has 5 heterocycles. The Labute approximate surface area is 403 Å². The third kappa shape index (κ3) is 8.27. The van der Waals surface area contributed by atoms with Crippen molar-refractivity contribution in [3.05, 3.63) is 149 Å². The number of phenols is 1. The van der Waals surface area contributed by atoms with Crippen LogP contribution in [0.3, 0.4) is 0 Å². The number of nitrogens with zero attached hydrogens (tertiary/aromatic N) is 6. The van der Waals surface area contributed by atoms with Crippen LogP contribution in [0, 0.1) is 23.7 Å². The first-order valence-electron chi connectivity index (χ1n) is 22.9. The molecule has 5 N–H and O–H groups in total. The van der Waals surface area contributed by atoms with Crippen LogP contribution in [0.25, 0.3) is 0 Å². The lowest BCUT2D eigenvalue weighted by atomic mass is 9.64. The van der Waals surface area contributed by atoms with E-state index in [-0.39, 0.29) is 36.6 Å². The number of phenolic OH excluding ortho intramolecular Hbond substituents is 1. The summed E-state index contributed by atoms with van der Waals surface area (Å²) in [6.45, 7) is 4.27. The number of esters is 2. The summed E-state index contributed by atoms with van der Waals surface area (Å²) in [5.74, 6) is 1.32. The number of benzene rings is 4. The Bertz CT molecular complexity index is 2870. The van der Waals surface area contributed by atoms with Gasteiger partial charge in [0.25, 0.3) is 0 Å². The van der Waals surface area contributed by atoms with E-state index in [9.17, 15) is 14.7 Å². The number of nitrogens with one attached hydrogen (secondary N) is 2. The largest absolute Gasteiger partial charge is 0.508 e. The highest BCUT2D eigenvalue weighted by Crippen LogP contribution is 2.66. The van der Waals surface area contributed by atoms with E-state index in [0.29, 0.717) is 41.3 Å². The van der Waals surface area contributed by atoms with Gasteiger partial charge in [0.1, 0.15) is 29.4 Å². The summed E-state index contributed by atoms with van der Waals surface area (Å²) in [6, 6.07) is 24.8. The van der Waals surface area contributed by atoms with E-state index in [1.165, 1.54) is 19.2 Å². The maximum atomic E-state index is 16.6. The van der Waals surface area contributed by atoms with Crippen LogP contribution in [0.4, 0.5) is 21.2 Å². The Hall–Kier alpha value is -8.30. The van der Waals surface area contributed by atoms with Crippen molar-refractivity contribution in [3.63, 3.8) is 0 Å². The molecule has 4 aliphatic rings. The number of urea groups is 2. The second kappa shape index (κ2) is 19.4. The van der Waals surface area contributed by atoms with Crippen LogP contribution >= 0.6 is 0 Å². The third-order valence-electron chi connectivity index (χ3n) is 13.5. The van der Waals surface area contributed by atoms with Crippen molar-refractivity contribution in [1.82, 2.24) is 30.4 Å². The van der Waals surface area contributed by atoms with Crippen LogP contribution < -0.4 is 26.2 Å². The minimum Gasteiger partial charge on any atom is -0.508 e. The van der Waals surface area contributed by atoms with Gasteiger partial charge in [0.2, 0.25) is 17.8 Å². The molecule has 358 valence electrons. The van der Waals surface area contributed by atoms with Crippen LogP contribution in [-0.4, -0.2) is 113 Å². The van der Waals surface area contributed by atoms with E-state index in [1.807, 2.05) is 70.5 Å². The molecular weight excluding hydrogens is 895 g/mol. The number of methoxy groups -OCH3 is 1.